The Morgan fingerprint density at radius 2 is 1.45 bits per heavy atom. The zero-order valence-corrected chi connectivity index (χ0v) is 13.0. The molecule has 1 N–H and O–H groups in total. The molecule has 0 spiro atoms. The summed E-state index contributed by atoms with van der Waals surface area (Å²) in [6.45, 7) is 0. The molecule has 2 rings (SSSR count). The van der Waals surface area contributed by atoms with Gasteiger partial charge >= 0.3 is 5.97 Å². The Morgan fingerprint density at radius 3 is 1.91 bits per heavy atom. The van der Waals surface area contributed by atoms with Gasteiger partial charge in [0.05, 0.1) is 0 Å². The normalized spacial score (nSPS) is 10.4. The highest BCUT2D eigenvalue weighted by Gasteiger charge is 2.18. The van der Waals surface area contributed by atoms with E-state index in [-0.39, 0.29) is 17.4 Å². The molecule has 0 atom stereocenters. The van der Waals surface area contributed by atoms with Crippen LogP contribution in [0.5, 0.6) is 0 Å². The maximum atomic E-state index is 12.0. The molecular weight excluding hydrogens is 296 g/mol. The Hall–Kier alpha value is -2.20. The van der Waals surface area contributed by atoms with Gasteiger partial charge in [-0.05, 0) is 29.8 Å². The van der Waals surface area contributed by atoms with Gasteiger partial charge in [0, 0.05) is 12.8 Å². The van der Waals surface area contributed by atoms with E-state index in [9.17, 15) is 4.79 Å². The standard InChI is InChI=1S/C18H18O3S/c19-16(12-7-13-17(20)22)21-18(14-8-3-1-4-9-14)15-10-5-2-6-11-15/h1-6,8-11,18H,7,12-13H2,(H,20,22). The van der Waals surface area contributed by atoms with Crippen LogP contribution >= 0.6 is 12.2 Å². The summed E-state index contributed by atoms with van der Waals surface area (Å²) in [5.41, 5.74) is 1.86. The molecule has 2 aromatic carbocycles. The van der Waals surface area contributed by atoms with Crippen molar-refractivity contribution >= 4 is 23.2 Å². The Morgan fingerprint density at radius 1 is 0.955 bits per heavy atom. The number of aliphatic hydroxyl groups excluding tert-OH is 1. The number of hydrogen-bond acceptors (Lipinski definition) is 3. The molecule has 0 amide bonds. The number of carbonyl (C=O) groups excluding carboxylic acids is 1. The zero-order chi connectivity index (χ0) is 15.8. The predicted octanol–water partition coefficient (Wildman–Crippen LogP) is 4.37. The Balaban J connectivity index is 2.09. The van der Waals surface area contributed by atoms with Crippen LogP contribution in [0.4, 0.5) is 0 Å². The molecule has 0 heterocycles. The molecule has 0 unspecified atom stereocenters. The van der Waals surface area contributed by atoms with Crippen LogP contribution in [-0.4, -0.2) is 16.1 Å². The number of hydrogen-bond donors (Lipinski definition) is 1. The van der Waals surface area contributed by atoms with Gasteiger partial charge in [-0.25, -0.2) is 0 Å². The minimum atomic E-state index is -0.420. The van der Waals surface area contributed by atoms with E-state index < -0.39 is 6.10 Å². The quantitative estimate of drug-likeness (QED) is 0.609. The second-order valence-electron chi connectivity index (χ2n) is 4.94. The van der Waals surface area contributed by atoms with Crippen LogP contribution < -0.4 is 0 Å². The summed E-state index contributed by atoms with van der Waals surface area (Å²) >= 11 is 4.59. The molecule has 114 valence electrons. The number of benzene rings is 2. The lowest BCUT2D eigenvalue weighted by molar-refractivity contribution is -0.147. The fourth-order valence-electron chi connectivity index (χ4n) is 2.16. The van der Waals surface area contributed by atoms with E-state index in [2.05, 4.69) is 12.2 Å². The molecule has 0 aliphatic heterocycles. The van der Waals surface area contributed by atoms with Crippen LogP contribution in [0.2, 0.25) is 0 Å². The smallest absolute Gasteiger partial charge is 0.306 e. The van der Waals surface area contributed by atoms with Gasteiger partial charge < -0.3 is 9.84 Å². The molecule has 0 aromatic heterocycles. The van der Waals surface area contributed by atoms with Crippen molar-refractivity contribution in [3.8, 4) is 0 Å². The summed E-state index contributed by atoms with van der Waals surface area (Å²) in [5, 5.41) is 8.91. The van der Waals surface area contributed by atoms with Gasteiger partial charge in [0.2, 0.25) is 0 Å². The highest BCUT2D eigenvalue weighted by molar-refractivity contribution is 7.80. The molecule has 0 aliphatic carbocycles. The van der Waals surface area contributed by atoms with E-state index in [1.54, 1.807) is 0 Å². The molecule has 0 radical (unpaired) electrons. The van der Waals surface area contributed by atoms with Crippen LogP contribution in [0.3, 0.4) is 0 Å². The molecule has 0 saturated carbocycles. The zero-order valence-electron chi connectivity index (χ0n) is 12.1. The summed E-state index contributed by atoms with van der Waals surface area (Å²) in [7, 11) is 0. The van der Waals surface area contributed by atoms with Crippen molar-refractivity contribution in [1.82, 2.24) is 0 Å². The minimum absolute atomic E-state index is 0.0736. The van der Waals surface area contributed by atoms with Crippen LogP contribution in [0.25, 0.3) is 0 Å². The van der Waals surface area contributed by atoms with E-state index in [0.717, 1.165) is 11.1 Å². The van der Waals surface area contributed by atoms with Gasteiger partial charge in [-0.15, -0.1) is 0 Å². The number of aliphatic hydroxyl groups is 1. The summed E-state index contributed by atoms with van der Waals surface area (Å²) in [6.07, 6.45) is 0.642. The monoisotopic (exact) mass is 314 g/mol. The van der Waals surface area contributed by atoms with Crippen molar-refractivity contribution in [3.05, 3.63) is 71.8 Å². The van der Waals surface area contributed by atoms with Crippen molar-refractivity contribution in [2.75, 3.05) is 0 Å². The van der Waals surface area contributed by atoms with Crippen LogP contribution in [0.15, 0.2) is 60.7 Å². The van der Waals surface area contributed by atoms with E-state index >= 15 is 0 Å². The molecule has 0 fully saturated rings. The second kappa shape index (κ2) is 8.29. The van der Waals surface area contributed by atoms with Crippen molar-refractivity contribution in [1.29, 1.82) is 0 Å². The first kappa shape index (κ1) is 16.2. The fourth-order valence-corrected chi connectivity index (χ4v) is 2.30. The second-order valence-corrected chi connectivity index (χ2v) is 5.41. The van der Waals surface area contributed by atoms with Crippen molar-refractivity contribution in [2.45, 2.75) is 25.4 Å². The SMILES string of the molecule is O=C(CCCC(O)=S)OC(c1ccccc1)c1ccccc1. The van der Waals surface area contributed by atoms with Crippen LogP contribution in [-0.2, 0) is 9.53 Å². The third-order valence-electron chi connectivity index (χ3n) is 3.23. The number of rotatable bonds is 7. The molecule has 0 saturated heterocycles. The van der Waals surface area contributed by atoms with Crippen LogP contribution in [0, 0.1) is 0 Å². The number of carbonyl (C=O) groups is 1. The summed E-state index contributed by atoms with van der Waals surface area (Å²) < 4.78 is 5.64. The number of esters is 1. The Bertz CT molecular complexity index is 571. The summed E-state index contributed by atoms with van der Waals surface area (Å²) in [6, 6.07) is 19.3. The number of ether oxygens (including phenoxy) is 1. The summed E-state index contributed by atoms with van der Waals surface area (Å²) in [5.74, 6) is -0.297. The number of thiocarbonyl (C=S) groups is 1. The van der Waals surface area contributed by atoms with E-state index in [1.165, 1.54) is 0 Å². The molecular formula is C18H18O3S. The van der Waals surface area contributed by atoms with Crippen molar-refractivity contribution in [2.24, 2.45) is 0 Å². The third kappa shape index (κ3) is 4.97. The highest BCUT2D eigenvalue weighted by Crippen LogP contribution is 2.26. The molecule has 22 heavy (non-hydrogen) atoms. The fraction of sp³-hybridized carbons (Fsp3) is 0.222. The average Bonchev–Trinajstić information content (AvgIpc) is 2.54. The molecule has 2 aromatic rings. The van der Waals surface area contributed by atoms with Crippen molar-refractivity contribution in [3.63, 3.8) is 0 Å². The summed E-state index contributed by atoms with van der Waals surface area (Å²) in [4.78, 5) is 12.0. The first-order valence-corrected chi connectivity index (χ1v) is 7.59. The van der Waals surface area contributed by atoms with Gasteiger partial charge in [-0.2, -0.15) is 0 Å². The molecule has 0 bridgehead atoms. The molecule has 3 nitrogen and oxygen atoms in total. The Labute approximate surface area is 135 Å². The van der Waals surface area contributed by atoms with Gasteiger partial charge in [-0.1, -0.05) is 60.7 Å². The van der Waals surface area contributed by atoms with Gasteiger partial charge in [0.1, 0.15) is 0 Å². The molecule has 0 aliphatic rings. The maximum absolute atomic E-state index is 12.0. The van der Waals surface area contributed by atoms with Gasteiger partial charge in [-0.3, -0.25) is 4.79 Å². The van der Waals surface area contributed by atoms with Crippen LogP contribution in [0.1, 0.15) is 36.5 Å². The topological polar surface area (TPSA) is 46.5 Å². The van der Waals surface area contributed by atoms with E-state index in [4.69, 9.17) is 9.84 Å². The predicted molar refractivity (Wildman–Crippen MR) is 89.9 cm³/mol. The average molecular weight is 314 g/mol. The van der Waals surface area contributed by atoms with E-state index in [0.29, 0.717) is 12.8 Å². The third-order valence-corrected chi connectivity index (χ3v) is 3.43. The Kier molecular flexibility index (Phi) is 6.10. The first-order chi connectivity index (χ1) is 10.7. The minimum Gasteiger partial charge on any atom is -0.502 e. The van der Waals surface area contributed by atoms with Gasteiger partial charge in [0.15, 0.2) is 11.2 Å². The van der Waals surface area contributed by atoms with Crippen molar-refractivity contribution < 1.29 is 14.6 Å². The largest absolute Gasteiger partial charge is 0.502 e. The lowest BCUT2D eigenvalue weighted by Gasteiger charge is -2.19. The lowest BCUT2D eigenvalue weighted by Crippen LogP contribution is -2.13. The van der Waals surface area contributed by atoms with Gasteiger partial charge in [0.25, 0.3) is 0 Å². The first-order valence-electron chi connectivity index (χ1n) is 7.18. The highest BCUT2D eigenvalue weighted by atomic mass is 32.1. The lowest BCUT2D eigenvalue weighted by atomic mass is 10.0. The maximum Gasteiger partial charge on any atom is 0.306 e. The molecule has 4 heteroatoms. The van der Waals surface area contributed by atoms with E-state index in [1.807, 2.05) is 60.7 Å².